The van der Waals surface area contributed by atoms with Gasteiger partial charge in [0, 0.05) is 37.1 Å². The van der Waals surface area contributed by atoms with Crippen LogP contribution in [0.2, 0.25) is 0 Å². The topological polar surface area (TPSA) is 70.0 Å². The summed E-state index contributed by atoms with van der Waals surface area (Å²) >= 11 is 0. The SMILES string of the molecule is Cc1cc([C@@H]2CCCN(C[C@@H](O)Cn3cccn3)C2)n[nH]1. The van der Waals surface area contributed by atoms with Crippen molar-refractivity contribution < 1.29 is 5.11 Å². The molecule has 2 N–H and O–H groups in total. The number of aryl methyl sites for hydroxylation is 1. The Morgan fingerprint density at radius 2 is 2.38 bits per heavy atom. The number of aromatic amines is 1. The number of rotatable bonds is 5. The van der Waals surface area contributed by atoms with Crippen molar-refractivity contribution in [3.05, 3.63) is 35.9 Å². The van der Waals surface area contributed by atoms with Gasteiger partial charge in [0.25, 0.3) is 0 Å². The molecule has 2 aromatic rings. The van der Waals surface area contributed by atoms with Gasteiger partial charge in [-0.1, -0.05) is 0 Å². The van der Waals surface area contributed by atoms with Crippen LogP contribution in [0.3, 0.4) is 0 Å². The van der Waals surface area contributed by atoms with Crippen LogP contribution in [0.25, 0.3) is 0 Å². The molecule has 1 saturated heterocycles. The molecule has 1 aliphatic rings. The van der Waals surface area contributed by atoms with Gasteiger partial charge in [0.1, 0.15) is 0 Å². The van der Waals surface area contributed by atoms with E-state index in [4.69, 9.17) is 0 Å². The number of β-amino-alcohol motifs (C(OH)–C–C–N with tert-alkyl or cyclic N) is 1. The van der Waals surface area contributed by atoms with Gasteiger partial charge in [-0.3, -0.25) is 9.78 Å². The molecule has 0 radical (unpaired) electrons. The zero-order chi connectivity index (χ0) is 14.7. The first-order valence-corrected chi connectivity index (χ1v) is 7.60. The molecule has 0 aliphatic carbocycles. The molecule has 1 aliphatic heterocycles. The highest BCUT2D eigenvalue weighted by molar-refractivity contribution is 5.13. The fraction of sp³-hybridized carbons (Fsp3) is 0.600. The van der Waals surface area contributed by atoms with Gasteiger partial charge in [0.05, 0.1) is 18.3 Å². The lowest BCUT2D eigenvalue weighted by molar-refractivity contribution is 0.0804. The zero-order valence-electron chi connectivity index (χ0n) is 12.4. The maximum Gasteiger partial charge on any atom is 0.0862 e. The monoisotopic (exact) mass is 289 g/mol. The number of hydrogen-bond donors (Lipinski definition) is 2. The molecule has 0 saturated carbocycles. The average Bonchev–Trinajstić information content (AvgIpc) is 3.10. The van der Waals surface area contributed by atoms with E-state index in [-0.39, 0.29) is 6.10 Å². The van der Waals surface area contributed by atoms with Crippen LogP contribution in [-0.4, -0.2) is 55.7 Å². The molecular formula is C15H23N5O. The van der Waals surface area contributed by atoms with E-state index in [1.54, 1.807) is 10.9 Å². The smallest absolute Gasteiger partial charge is 0.0862 e. The number of aliphatic hydroxyl groups excluding tert-OH is 1. The predicted molar refractivity (Wildman–Crippen MR) is 80.0 cm³/mol. The fourth-order valence-electron chi connectivity index (χ4n) is 3.09. The first-order chi connectivity index (χ1) is 10.2. The molecule has 3 heterocycles. The van der Waals surface area contributed by atoms with E-state index >= 15 is 0 Å². The number of nitrogens with one attached hydrogen (secondary N) is 1. The second kappa shape index (κ2) is 6.41. The molecule has 6 heteroatoms. The van der Waals surface area contributed by atoms with Crippen molar-refractivity contribution in [2.24, 2.45) is 0 Å². The number of aromatic nitrogens is 4. The third-order valence-electron chi connectivity index (χ3n) is 4.08. The van der Waals surface area contributed by atoms with Crippen molar-refractivity contribution in [1.82, 2.24) is 24.9 Å². The number of H-pyrrole nitrogens is 1. The highest BCUT2D eigenvalue weighted by atomic mass is 16.3. The number of nitrogens with zero attached hydrogens (tertiary/aromatic N) is 4. The average molecular weight is 289 g/mol. The van der Waals surface area contributed by atoms with E-state index in [2.05, 4.69) is 26.3 Å². The highest BCUT2D eigenvalue weighted by Crippen LogP contribution is 2.25. The number of piperidine rings is 1. The van der Waals surface area contributed by atoms with Crippen LogP contribution in [0.4, 0.5) is 0 Å². The minimum absolute atomic E-state index is 0.385. The molecule has 2 aromatic heterocycles. The van der Waals surface area contributed by atoms with Crippen LogP contribution >= 0.6 is 0 Å². The largest absolute Gasteiger partial charge is 0.390 e. The van der Waals surface area contributed by atoms with E-state index in [1.807, 2.05) is 19.2 Å². The van der Waals surface area contributed by atoms with Gasteiger partial charge >= 0.3 is 0 Å². The number of hydrogen-bond acceptors (Lipinski definition) is 4. The summed E-state index contributed by atoms with van der Waals surface area (Å²) in [7, 11) is 0. The Kier molecular flexibility index (Phi) is 4.36. The Labute approximate surface area is 124 Å². The molecule has 0 bridgehead atoms. The lowest BCUT2D eigenvalue weighted by Gasteiger charge is -2.33. The normalized spacial score (nSPS) is 21.5. The summed E-state index contributed by atoms with van der Waals surface area (Å²) in [5, 5.41) is 21.8. The van der Waals surface area contributed by atoms with Crippen LogP contribution in [0, 0.1) is 6.92 Å². The second-order valence-corrected chi connectivity index (χ2v) is 5.96. The molecule has 1 fully saturated rings. The van der Waals surface area contributed by atoms with E-state index in [0.717, 1.165) is 30.9 Å². The molecule has 114 valence electrons. The Balaban J connectivity index is 1.53. The first kappa shape index (κ1) is 14.3. The second-order valence-electron chi connectivity index (χ2n) is 5.96. The van der Waals surface area contributed by atoms with Crippen LogP contribution in [0.1, 0.15) is 30.1 Å². The summed E-state index contributed by atoms with van der Waals surface area (Å²) in [5.41, 5.74) is 2.26. The molecule has 0 aromatic carbocycles. The van der Waals surface area contributed by atoms with Gasteiger partial charge < -0.3 is 10.0 Å². The van der Waals surface area contributed by atoms with Crippen LogP contribution < -0.4 is 0 Å². The first-order valence-electron chi connectivity index (χ1n) is 7.60. The molecule has 3 rings (SSSR count). The number of aliphatic hydroxyl groups is 1. The van der Waals surface area contributed by atoms with Gasteiger partial charge in [-0.15, -0.1) is 0 Å². The summed E-state index contributed by atoms with van der Waals surface area (Å²) < 4.78 is 1.78. The van der Waals surface area contributed by atoms with E-state index in [1.165, 1.54) is 6.42 Å². The van der Waals surface area contributed by atoms with E-state index in [0.29, 0.717) is 19.0 Å². The van der Waals surface area contributed by atoms with Gasteiger partial charge in [0.15, 0.2) is 0 Å². The summed E-state index contributed by atoms with van der Waals surface area (Å²) in [6.45, 7) is 5.30. The predicted octanol–water partition coefficient (Wildman–Crippen LogP) is 1.16. The molecule has 2 atom stereocenters. The molecule has 21 heavy (non-hydrogen) atoms. The van der Waals surface area contributed by atoms with Crippen molar-refractivity contribution in [1.29, 1.82) is 0 Å². The van der Waals surface area contributed by atoms with Crippen molar-refractivity contribution in [3.63, 3.8) is 0 Å². The fourth-order valence-corrected chi connectivity index (χ4v) is 3.09. The molecular weight excluding hydrogens is 266 g/mol. The van der Waals surface area contributed by atoms with E-state index in [9.17, 15) is 5.11 Å². The lowest BCUT2D eigenvalue weighted by atomic mass is 9.94. The summed E-state index contributed by atoms with van der Waals surface area (Å²) in [4.78, 5) is 2.34. The van der Waals surface area contributed by atoms with Gasteiger partial charge in [-0.05, 0) is 38.4 Å². The Hall–Kier alpha value is -1.66. The van der Waals surface area contributed by atoms with E-state index < -0.39 is 0 Å². The highest BCUT2D eigenvalue weighted by Gasteiger charge is 2.24. The minimum atomic E-state index is -0.385. The summed E-state index contributed by atoms with van der Waals surface area (Å²) in [6.07, 6.45) is 5.57. The standard InChI is InChI=1S/C15H23N5O/c1-12-8-15(18-17-12)13-4-2-6-19(9-13)10-14(21)11-20-7-3-5-16-20/h3,5,7-8,13-14,21H,2,4,6,9-11H2,1H3,(H,17,18)/t13-,14-/m1/s1. The van der Waals surface area contributed by atoms with Crippen molar-refractivity contribution >= 4 is 0 Å². The lowest BCUT2D eigenvalue weighted by Crippen LogP contribution is -2.40. The minimum Gasteiger partial charge on any atom is -0.390 e. The Morgan fingerprint density at radius 3 is 3.10 bits per heavy atom. The van der Waals surface area contributed by atoms with Crippen molar-refractivity contribution in [2.75, 3.05) is 19.6 Å². The van der Waals surface area contributed by atoms with Crippen molar-refractivity contribution in [2.45, 2.75) is 38.3 Å². The van der Waals surface area contributed by atoms with Crippen LogP contribution in [-0.2, 0) is 6.54 Å². The van der Waals surface area contributed by atoms with Crippen LogP contribution in [0.5, 0.6) is 0 Å². The third-order valence-corrected chi connectivity index (χ3v) is 4.08. The summed E-state index contributed by atoms with van der Waals surface area (Å²) in [5.74, 6) is 0.473. The maximum absolute atomic E-state index is 10.2. The molecule has 0 unspecified atom stereocenters. The third kappa shape index (κ3) is 3.71. The molecule has 6 nitrogen and oxygen atoms in total. The molecule has 0 amide bonds. The number of likely N-dealkylation sites (tertiary alicyclic amines) is 1. The summed E-state index contributed by atoms with van der Waals surface area (Å²) in [6, 6.07) is 4.01. The molecule has 0 spiro atoms. The van der Waals surface area contributed by atoms with Gasteiger partial charge in [0.2, 0.25) is 0 Å². The quantitative estimate of drug-likeness (QED) is 0.866. The van der Waals surface area contributed by atoms with Crippen molar-refractivity contribution in [3.8, 4) is 0 Å². The van der Waals surface area contributed by atoms with Gasteiger partial charge in [-0.2, -0.15) is 10.2 Å². The van der Waals surface area contributed by atoms with Gasteiger partial charge in [-0.25, -0.2) is 0 Å². The van der Waals surface area contributed by atoms with Crippen LogP contribution in [0.15, 0.2) is 24.5 Å². The zero-order valence-corrected chi connectivity index (χ0v) is 12.4. The maximum atomic E-state index is 10.2. The Bertz CT molecular complexity index is 550. The Morgan fingerprint density at radius 1 is 1.48 bits per heavy atom.